The Hall–Kier alpha value is -2.67. The summed E-state index contributed by atoms with van der Waals surface area (Å²) in [6, 6.07) is 8.24. The Morgan fingerprint density at radius 3 is 2.63 bits per heavy atom. The largest absolute Gasteiger partial charge is 0.480 e. The molecule has 1 aliphatic rings. The molecule has 7 nitrogen and oxygen atoms in total. The van der Waals surface area contributed by atoms with Crippen LogP contribution in [0.3, 0.4) is 0 Å². The third-order valence-electron chi connectivity index (χ3n) is 4.87. The summed E-state index contributed by atoms with van der Waals surface area (Å²) in [4.78, 5) is 24.1. The number of ether oxygens (including phenoxy) is 1. The van der Waals surface area contributed by atoms with E-state index in [2.05, 4.69) is 10.4 Å². The van der Waals surface area contributed by atoms with Gasteiger partial charge < -0.3 is 15.2 Å². The summed E-state index contributed by atoms with van der Waals surface area (Å²) < 4.78 is 7.27. The lowest BCUT2D eigenvalue weighted by atomic mass is 9.93. The molecule has 0 aliphatic carbocycles. The van der Waals surface area contributed by atoms with Gasteiger partial charge in [-0.1, -0.05) is 12.1 Å². The second-order valence-electron chi connectivity index (χ2n) is 7.05. The Kier molecular flexibility index (Phi) is 5.91. The fraction of sp³-hybridized carbons (Fsp3) is 0.450. The van der Waals surface area contributed by atoms with Crippen molar-refractivity contribution in [3.8, 4) is 0 Å². The van der Waals surface area contributed by atoms with Crippen molar-refractivity contribution in [3.05, 3.63) is 52.8 Å². The van der Waals surface area contributed by atoms with Crippen LogP contribution in [0, 0.1) is 19.8 Å². The summed E-state index contributed by atoms with van der Waals surface area (Å²) >= 11 is 0. The molecule has 0 bridgehead atoms. The maximum Gasteiger partial charge on any atom is 0.326 e. The predicted molar refractivity (Wildman–Crippen MR) is 99.7 cm³/mol. The van der Waals surface area contributed by atoms with E-state index in [-0.39, 0.29) is 11.8 Å². The van der Waals surface area contributed by atoms with Gasteiger partial charge in [0, 0.05) is 23.8 Å². The van der Waals surface area contributed by atoms with Crippen molar-refractivity contribution in [1.82, 2.24) is 15.1 Å². The van der Waals surface area contributed by atoms with Crippen molar-refractivity contribution < 1.29 is 19.4 Å². The minimum atomic E-state index is -1.03. The molecule has 2 N–H and O–H groups in total. The number of aryl methyl sites for hydroxylation is 2. The van der Waals surface area contributed by atoms with Gasteiger partial charge in [-0.25, -0.2) is 4.79 Å². The Balaban J connectivity index is 1.65. The van der Waals surface area contributed by atoms with E-state index in [1.807, 2.05) is 36.7 Å². The number of carbonyl (C=O) groups excluding carboxylic acids is 1. The Bertz CT molecular complexity index is 807. The van der Waals surface area contributed by atoms with Crippen LogP contribution in [-0.2, 0) is 16.1 Å². The molecule has 144 valence electrons. The third kappa shape index (κ3) is 4.74. The number of aliphatic carboxylic acids is 1. The summed E-state index contributed by atoms with van der Waals surface area (Å²) in [5.74, 6) is -1.61. The first-order valence-corrected chi connectivity index (χ1v) is 9.15. The van der Waals surface area contributed by atoms with Crippen LogP contribution < -0.4 is 5.32 Å². The Morgan fingerprint density at radius 1 is 1.33 bits per heavy atom. The van der Waals surface area contributed by atoms with Crippen LogP contribution >= 0.6 is 0 Å². The molecule has 1 amide bonds. The minimum Gasteiger partial charge on any atom is -0.480 e. The number of hydrogen-bond donors (Lipinski definition) is 2. The van der Waals surface area contributed by atoms with E-state index >= 15 is 0 Å². The van der Waals surface area contributed by atoms with Gasteiger partial charge in [-0.2, -0.15) is 5.10 Å². The Labute approximate surface area is 158 Å². The third-order valence-corrected chi connectivity index (χ3v) is 4.87. The van der Waals surface area contributed by atoms with Gasteiger partial charge in [0.2, 0.25) is 0 Å². The van der Waals surface area contributed by atoms with Gasteiger partial charge in [0.1, 0.15) is 6.04 Å². The monoisotopic (exact) mass is 371 g/mol. The van der Waals surface area contributed by atoms with Crippen molar-refractivity contribution in [1.29, 1.82) is 0 Å². The van der Waals surface area contributed by atoms with E-state index < -0.39 is 12.0 Å². The highest BCUT2D eigenvalue weighted by Crippen LogP contribution is 2.18. The van der Waals surface area contributed by atoms with E-state index in [1.165, 1.54) is 0 Å². The molecule has 3 rings (SSSR count). The maximum absolute atomic E-state index is 12.5. The molecule has 1 aromatic carbocycles. The lowest BCUT2D eigenvalue weighted by Crippen LogP contribution is -2.48. The molecular formula is C20H25N3O4. The van der Waals surface area contributed by atoms with Gasteiger partial charge in [0.15, 0.2) is 0 Å². The zero-order chi connectivity index (χ0) is 19.4. The van der Waals surface area contributed by atoms with Gasteiger partial charge in [0.05, 0.1) is 18.8 Å². The number of carbonyl (C=O) groups is 2. The first-order chi connectivity index (χ1) is 12.9. The zero-order valence-corrected chi connectivity index (χ0v) is 15.6. The summed E-state index contributed by atoms with van der Waals surface area (Å²) in [6.07, 6.45) is 1.55. The number of carboxylic acid groups (broad SMARTS) is 1. The zero-order valence-electron chi connectivity index (χ0n) is 15.6. The molecule has 0 spiro atoms. The van der Waals surface area contributed by atoms with Gasteiger partial charge >= 0.3 is 5.97 Å². The SMILES string of the molecule is Cc1cc(C)n(Cc2ccc(C(=O)NC(C(=O)O)C3CCCOC3)cc2)n1. The van der Waals surface area contributed by atoms with Crippen molar-refractivity contribution in [2.24, 2.45) is 5.92 Å². The predicted octanol–water partition coefficient (Wildman–Crippen LogP) is 2.16. The highest BCUT2D eigenvalue weighted by atomic mass is 16.5. The summed E-state index contributed by atoms with van der Waals surface area (Å²) in [5, 5.41) is 16.6. The lowest BCUT2D eigenvalue weighted by Gasteiger charge is -2.28. The topological polar surface area (TPSA) is 93.5 Å². The van der Waals surface area contributed by atoms with Crippen LogP contribution in [-0.4, -0.2) is 46.0 Å². The van der Waals surface area contributed by atoms with Crippen molar-refractivity contribution >= 4 is 11.9 Å². The lowest BCUT2D eigenvalue weighted by molar-refractivity contribution is -0.142. The van der Waals surface area contributed by atoms with Gasteiger partial charge in [-0.3, -0.25) is 9.48 Å². The maximum atomic E-state index is 12.5. The van der Waals surface area contributed by atoms with Crippen LogP contribution in [0.2, 0.25) is 0 Å². The molecule has 1 aliphatic heterocycles. The summed E-state index contributed by atoms with van der Waals surface area (Å²) in [5.41, 5.74) is 3.51. The number of amides is 1. The van der Waals surface area contributed by atoms with E-state index in [9.17, 15) is 14.7 Å². The second kappa shape index (κ2) is 8.35. The Morgan fingerprint density at radius 2 is 2.07 bits per heavy atom. The molecule has 0 saturated carbocycles. The normalized spacial score (nSPS) is 18.1. The number of carboxylic acids is 1. The number of nitrogens with zero attached hydrogens (tertiary/aromatic N) is 2. The molecule has 0 radical (unpaired) electrons. The highest BCUT2D eigenvalue weighted by Gasteiger charge is 2.31. The van der Waals surface area contributed by atoms with E-state index in [4.69, 9.17) is 4.74 Å². The van der Waals surface area contributed by atoms with Crippen LogP contribution in [0.15, 0.2) is 30.3 Å². The smallest absolute Gasteiger partial charge is 0.326 e. The van der Waals surface area contributed by atoms with E-state index in [0.29, 0.717) is 25.3 Å². The quantitative estimate of drug-likeness (QED) is 0.812. The first kappa shape index (κ1) is 19.1. The molecule has 2 aromatic rings. The molecule has 1 aromatic heterocycles. The number of hydrogen-bond acceptors (Lipinski definition) is 4. The first-order valence-electron chi connectivity index (χ1n) is 9.15. The van der Waals surface area contributed by atoms with Crippen molar-refractivity contribution in [2.75, 3.05) is 13.2 Å². The van der Waals surface area contributed by atoms with Gasteiger partial charge in [-0.05, 0) is 50.5 Å². The number of rotatable bonds is 6. The number of aromatic nitrogens is 2. The number of nitrogens with one attached hydrogen (secondary N) is 1. The molecular weight excluding hydrogens is 346 g/mol. The second-order valence-corrected chi connectivity index (χ2v) is 7.05. The molecule has 2 atom stereocenters. The van der Waals surface area contributed by atoms with Gasteiger partial charge in [0.25, 0.3) is 5.91 Å². The summed E-state index contributed by atoms with van der Waals surface area (Å²) in [7, 11) is 0. The fourth-order valence-electron chi connectivity index (χ4n) is 3.40. The van der Waals surface area contributed by atoms with Crippen molar-refractivity contribution in [2.45, 2.75) is 39.3 Å². The van der Waals surface area contributed by atoms with Crippen LogP contribution in [0.5, 0.6) is 0 Å². The van der Waals surface area contributed by atoms with Crippen LogP contribution in [0.4, 0.5) is 0 Å². The van der Waals surface area contributed by atoms with Crippen LogP contribution in [0.25, 0.3) is 0 Å². The fourth-order valence-corrected chi connectivity index (χ4v) is 3.40. The molecule has 2 unspecified atom stereocenters. The van der Waals surface area contributed by atoms with Crippen LogP contribution in [0.1, 0.15) is 40.2 Å². The minimum absolute atomic E-state index is 0.203. The van der Waals surface area contributed by atoms with E-state index in [0.717, 1.165) is 29.8 Å². The average Bonchev–Trinajstić information content (AvgIpc) is 2.97. The molecule has 2 heterocycles. The highest BCUT2D eigenvalue weighted by molar-refractivity contribution is 5.96. The van der Waals surface area contributed by atoms with Gasteiger partial charge in [-0.15, -0.1) is 0 Å². The van der Waals surface area contributed by atoms with E-state index in [1.54, 1.807) is 12.1 Å². The standard InChI is InChI=1S/C20H25N3O4/c1-13-10-14(2)23(22-13)11-15-5-7-16(8-6-15)19(24)21-18(20(25)26)17-4-3-9-27-12-17/h5-8,10,17-18H,3-4,9,11-12H2,1-2H3,(H,21,24)(H,25,26). The molecule has 27 heavy (non-hydrogen) atoms. The molecule has 1 saturated heterocycles. The molecule has 1 fully saturated rings. The van der Waals surface area contributed by atoms with Crippen molar-refractivity contribution in [3.63, 3.8) is 0 Å². The summed E-state index contributed by atoms with van der Waals surface area (Å²) in [6.45, 7) is 5.58. The molecule has 7 heteroatoms. The average molecular weight is 371 g/mol. The number of benzene rings is 1.